The topological polar surface area (TPSA) is 46.2 Å². The van der Waals surface area contributed by atoms with Gasteiger partial charge in [0.15, 0.2) is 9.84 Å². The molecule has 0 spiro atoms. The predicted molar refractivity (Wildman–Crippen MR) is 82.8 cm³/mol. The lowest BCUT2D eigenvalue weighted by atomic mass is 9.80. The Kier molecular flexibility index (Phi) is 4.77. The Morgan fingerprint density at radius 2 is 1.85 bits per heavy atom. The van der Waals surface area contributed by atoms with Crippen molar-refractivity contribution in [1.29, 1.82) is 0 Å². The molecule has 4 unspecified atom stereocenters. The van der Waals surface area contributed by atoms with Crippen molar-refractivity contribution in [3.8, 4) is 0 Å². The predicted octanol–water partition coefficient (Wildman–Crippen LogP) is 3.14. The third-order valence-corrected chi connectivity index (χ3v) is 7.18. The van der Waals surface area contributed by atoms with E-state index in [0.29, 0.717) is 10.9 Å². The molecule has 1 aromatic rings. The van der Waals surface area contributed by atoms with Gasteiger partial charge in [-0.3, -0.25) is 0 Å². The van der Waals surface area contributed by atoms with Gasteiger partial charge in [0.1, 0.15) is 0 Å². The standard InChI is InChI=1S/C15H22ClNO2S/c1-10-8-11(2)15(13(9-10)17-3)20(18,19)14-7-5-4-6-12(14)16/h4-7,10-11,13,15,17H,8-9H2,1-3H3. The van der Waals surface area contributed by atoms with E-state index in [4.69, 9.17) is 11.6 Å². The summed E-state index contributed by atoms with van der Waals surface area (Å²) in [6.07, 6.45) is 1.82. The van der Waals surface area contributed by atoms with Gasteiger partial charge in [0.05, 0.1) is 15.2 Å². The fraction of sp³-hybridized carbons (Fsp3) is 0.600. The van der Waals surface area contributed by atoms with Crippen molar-refractivity contribution in [2.75, 3.05) is 7.05 Å². The third-order valence-electron chi connectivity index (χ3n) is 4.26. The van der Waals surface area contributed by atoms with E-state index in [2.05, 4.69) is 12.2 Å². The van der Waals surface area contributed by atoms with Gasteiger partial charge in [-0.05, 0) is 43.9 Å². The van der Waals surface area contributed by atoms with E-state index < -0.39 is 15.1 Å². The molecule has 2 rings (SSSR count). The van der Waals surface area contributed by atoms with Crippen molar-refractivity contribution in [1.82, 2.24) is 5.32 Å². The highest BCUT2D eigenvalue weighted by Gasteiger charge is 2.42. The Bertz CT molecular complexity index is 573. The van der Waals surface area contributed by atoms with Gasteiger partial charge in [0.25, 0.3) is 0 Å². The zero-order valence-electron chi connectivity index (χ0n) is 12.1. The monoisotopic (exact) mass is 315 g/mol. The average molecular weight is 316 g/mol. The molecular weight excluding hydrogens is 294 g/mol. The molecule has 0 bridgehead atoms. The minimum absolute atomic E-state index is 0.0185. The second kappa shape index (κ2) is 6.04. The Morgan fingerprint density at radius 3 is 2.45 bits per heavy atom. The van der Waals surface area contributed by atoms with E-state index in [-0.39, 0.29) is 16.9 Å². The van der Waals surface area contributed by atoms with Crippen LogP contribution in [0.3, 0.4) is 0 Å². The first-order valence-electron chi connectivity index (χ1n) is 7.03. The van der Waals surface area contributed by atoms with Gasteiger partial charge in [0, 0.05) is 6.04 Å². The molecular formula is C15H22ClNO2S. The van der Waals surface area contributed by atoms with Crippen molar-refractivity contribution in [3.05, 3.63) is 29.3 Å². The van der Waals surface area contributed by atoms with Gasteiger partial charge in [-0.1, -0.05) is 37.6 Å². The molecule has 1 aliphatic rings. The SMILES string of the molecule is CNC1CC(C)CC(C)C1S(=O)(=O)c1ccccc1Cl. The molecule has 1 aromatic carbocycles. The summed E-state index contributed by atoms with van der Waals surface area (Å²) in [5.74, 6) is 0.664. The molecule has 0 heterocycles. The lowest BCUT2D eigenvalue weighted by Gasteiger charge is -2.39. The maximum Gasteiger partial charge on any atom is 0.184 e. The number of hydrogen-bond acceptors (Lipinski definition) is 3. The molecule has 1 aliphatic carbocycles. The summed E-state index contributed by atoms with van der Waals surface area (Å²) in [5.41, 5.74) is 0. The summed E-state index contributed by atoms with van der Waals surface area (Å²) in [5, 5.41) is 3.09. The van der Waals surface area contributed by atoms with E-state index in [9.17, 15) is 8.42 Å². The van der Waals surface area contributed by atoms with Crippen LogP contribution in [0.15, 0.2) is 29.2 Å². The quantitative estimate of drug-likeness (QED) is 0.932. The average Bonchev–Trinajstić information content (AvgIpc) is 2.37. The lowest BCUT2D eigenvalue weighted by molar-refractivity contribution is 0.249. The fourth-order valence-corrected chi connectivity index (χ4v) is 6.22. The molecule has 3 nitrogen and oxygen atoms in total. The van der Waals surface area contributed by atoms with Crippen molar-refractivity contribution < 1.29 is 8.42 Å². The lowest BCUT2D eigenvalue weighted by Crippen LogP contribution is -2.50. The second-order valence-electron chi connectivity index (χ2n) is 5.89. The number of hydrogen-bond donors (Lipinski definition) is 1. The van der Waals surface area contributed by atoms with E-state index in [0.717, 1.165) is 12.8 Å². The van der Waals surface area contributed by atoms with Gasteiger partial charge in [-0.2, -0.15) is 0 Å². The Hall–Kier alpha value is -0.580. The Labute approximate surface area is 126 Å². The number of sulfone groups is 1. The van der Waals surface area contributed by atoms with Crippen LogP contribution < -0.4 is 5.32 Å². The highest BCUT2D eigenvalue weighted by Crippen LogP contribution is 2.37. The first-order valence-corrected chi connectivity index (χ1v) is 8.96. The molecule has 1 fully saturated rings. The molecule has 112 valence electrons. The maximum atomic E-state index is 13.0. The Balaban J connectivity index is 2.44. The molecule has 0 saturated heterocycles. The van der Waals surface area contributed by atoms with Gasteiger partial charge in [-0.25, -0.2) is 8.42 Å². The molecule has 5 heteroatoms. The van der Waals surface area contributed by atoms with Crippen molar-refractivity contribution in [2.24, 2.45) is 11.8 Å². The molecule has 4 atom stereocenters. The van der Waals surface area contributed by atoms with Gasteiger partial charge >= 0.3 is 0 Å². The van der Waals surface area contributed by atoms with Crippen LogP contribution in [0.25, 0.3) is 0 Å². The van der Waals surface area contributed by atoms with E-state index in [1.807, 2.05) is 14.0 Å². The summed E-state index contributed by atoms with van der Waals surface area (Å²) < 4.78 is 25.9. The van der Waals surface area contributed by atoms with Crippen LogP contribution in [0.1, 0.15) is 26.7 Å². The smallest absolute Gasteiger partial charge is 0.184 e. The molecule has 1 saturated carbocycles. The third kappa shape index (κ3) is 2.87. The second-order valence-corrected chi connectivity index (χ2v) is 8.37. The molecule has 0 amide bonds. The molecule has 0 radical (unpaired) electrons. The summed E-state index contributed by atoms with van der Waals surface area (Å²) >= 11 is 6.10. The van der Waals surface area contributed by atoms with Gasteiger partial charge < -0.3 is 5.32 Å². The van der Waals surface area contributed by atoms with E-state index >= 15 is 0 Å². The van der Waals surface area contributed by atoms with E-state index in [1.54, 1.807) is 24.3 Å². The van der Waals surface area contributed by atoms with Crippen LogP contribution in [0.5, 0.6) is 0 Å². The minimum Gasteiger partial charge on any atom is -0.316 e. The number of halogens is 1. The van der Waals surface area contributed by atoms with Crippen LogP contribution in [0, 0.1) is 11.8 Å². The number of rotatable bonds is 3. The van der Waals surface area contributed by atoms with Gasteiger partial charge in [0.2, 0.25) is 0 Å². The highest BCUT2D eigenvalue weighted by atomic mass is 35.5. The largest absolute Gasteiger partial charge is 0.316 e. The normalized spacial score (nSPS) is 31.2. The Morgan fingerprint density at radius 1 is 1.20 bits per heavy atom. The number of benzene rings is 1. The fourth-order valence-electron chi connectivity index (χ4n) is 3.46. The molecule has 1 N–H and O–H groups in total. The number of nitrogens with one attached hydrogen (secondary N) is 1. The first kappa shape index (κ1) is 15.8. The summed E-state index contributed by atoms with van der Waals surface area (Å²) in [4.78, 5) is 0.258. The molecule has 0 aliphatic heterocycles. The van der Waals surface area contributed by atoms with Crippen LogP contribution in [-0.4, -0.2) is 26.8 Å². The summed E-state index contributed by atoms with van der Waals surface area (Å²) in [6.45, 7) is 4.21. The summed E-state index contributed by atoms with van der Waals surface area (Å²) in [6, 6.07) is 6.70. The van der Waals surface area contributed by atoms with Crippen LogP contribution in [0.2, 0.25) is 5.02 Å². The van der Waals surface area contributed by atoms with E-state index in [1.165, 1.54) is 0 Å². The van der Waals surface area contributed by atoms with Crippen molar-refractivity contribution in [3.63, 3.8) is 0 Å². The summed E-state index contributed by atoms with van der Waals surface area (Å²) in [7, 11) is -1.58. The highest BCUT2D eigenvalue weighted by molar-refractivity contribution is 7.92. The maximum absolute atomic E-state index is 13.0. The first-order chi connectivity index (χ1) is 9.37. The minimum atomic E-state index is -3.42. The van der Waals surface area contributed by atoms with Crippen LogP contribution >= 0.6 is 11.6 Å². The molecule has 0 aromatic heterocycles. The zero-order chi connectivity index (χ0) is 14.9. The van der Waals surface area contributed by atoms with Crippen molar-refractivity contribution >= 4 is 21.4 Å². The molecule has 20 heavy (non-hydrogen) atoms. The van der Waals surface area contributed by atoms with Crippen molar-refractivity contribution in [2.45, 2.75) is 42.9 Å². The zero-order valence-corrected chi connectivity index (χ0v) is 13.7. The van der Waals surface area contributed by atoms with Gasteiger partial charge in [-0.15, -0.1) is 0 Å². The van der Waals surface area contributed by atoms with Crippen LogP contribution in [-0.2, 0) is 9.84 Å². The van der Waals surface area contributed by atoms with Crippen LogP contribution in [0.4, 0.5) is 0 Å².